The summed E-state index contributed by atoms with van der Waals surface area (Å²) in [6.45, 7) is 3.58. The lowest BCUT2D eigenvalue weighted by Gasteiger charge is -2.28. The summed E-state index contributed by atoms with van der Waals surface area (Å²) in [5.41, 5.74) is 7.20. The van der Waals surface area contributed by atoms with Crippen molar-refractivity contribution in [3.05, 3.63) is 48.8 Å². The van der Waals surface area contributed by atoms with Crippen LogP contribution in [0, 0.1) is 0 Å². The SMILES string of the molecule is CN(C)CCOc1cncc(-c2ccc3[nH]nc(-c4nc5c(N6CCCCC6)cccc5[nH]4)c3n2)c1. The molecule has 9 nitrogen and oxygen atoms in total. The maximum Gasteiger partial charge on any atom is 0.161 e. The highest BCUT2D eigenvalue weighted by atomic mass is 16.5. The van der Waals surface area contributed by atoms with Gasteiger partial charge in [-0.15, -0.1) is 0 Å². The maximum absolute atomic E-state index is 5.87. The van der Waals surface area contributed by atoms with E-state index >= 15 is 0 Å². The summed E-state index contributed by atoms with van der Waals surface area (Å²) in [5.74, 6) is 1.44. The van der Waals surface area contributed by atoms with Crippen LogP contribution in [0.5, 0.6) is 5.75 Å². The van der Waals surface area contributed by atoms with Crippen LogP contribution in [0.4, 0.5) is 5.69 Å². The van der Waals surface area contributed by atoms with E-state index in [1.807, 2.05) is 32.3 Å². The van der Waals surface area contributed by atoms with Gasteiger partial charge in [0.2, 0.25) is 0 Å². The zero-order chi connectivity index (χ0) is 24.5. The molecule has 1 aromatic carbocycles. The molecule has 2 N–H and O–H groups in total. The first-order valence-corrected chi connectivity index (χ1v) is 12.5. The number of imidazole rings is 1. The summed E-state index contributed by atoms with van der Waals surface area (Å²) < 4.78 is 5.87. The van der Waals surface area contributed by atoms with Gasteiger partial charge in [-0.25, -0.2) is 9.97 Å². The van der Waals surface area contributed by atoms with Crippen LogP contribution in [0.15, 0.2) is 48.8 Å². The number of fused-ring (bicyclic) bond motifs is 2. The number of nitrogens with zero attached hydrogens (tertiary/aromatic N) is 6. The zero-order valence-corrected chi connectivity index (χ0v) is 20.7. The van der Waals surface area contributed by atoms with E-state index in [0.29, 0.717) is 18.1 Å². The fraction of sp³-hybridized carbons (Fsp3) is 0.333. The Labute approximate surface area is 209 Å². The highest BCUT2D eigenvalue weighted by Gasteiger charge is 2.19. The van der Waals surface area contributed by atoms with Crippen molar-refractivity contribution in [3.63, 3.8) is 0 Å². The summed E-state index contributed by atoms with van der Waals surface area (Å²) in [6, 6.07) is 12.3. The lowest BCUT2D eigenvalue weighted by molar-refractivity contribution is 0.261. The second kappa shape index (κ2) is 9.58. The smallest absolute Gasteiger partial charge is 0.161 e. The van der Waals surface area contributed by atoms with E-state index in [0.717, 1.165) is 58.7 Å². The maximum atomic E-state index is 5.87. The molecule has 1 fully saturated rings. The number of pyridine rings is 2. The van der Waals surface area contributed by atoms with Crippen molar-refractivity contribution < 1.29 is 4.74 Å². The third-order valence-electron chi connectivity index (χ3n) is 6.64. The van der Waals surface area contributed by atoms with Crippen LogP contribution in [0.1, 0.15) is 19.3 Å². The van der Waals surface area contributed by atoms with Crippen LogP contribution in [0.2, 0.25) is 0 Å². The summed E-state index contributed by atoms with van der Waals surface area (Å²) in [6.07, 6.45) is 7.28. The second-order valence-corrected chi connectivity index (χ2v) is 9.53. The predicted octanol–water partition coefficient (Wildman–Crippen LogP) is 4.49. The molecule has 0 atom stereocenters. The Bertz CT molecular complexity index is 1500. The molecule has 36 heavy (non-hydrogen) atoms. The number of hydrogen-bond donors (Lipinski definition) is 2. The van der Waals surface area contributed by atoms with Crippen LogP contribution in [0.25, 0.3) is 44.8 Å². The minimum absolute atomic E-state index is 0.599. The minimum Gasteiger partial charge on any atom is -0.491 e. The number of H-pyrrole nitrogens is 2. The average molecular weight is 483 g/mol. The second-order valence-electron chi connectivity index (χ2n) is 9.53. The predicted molar refractivity (Wildman–Crippen MR) is 142 cm³/mol. The Morgan fingerprint density at radius 3 is 2.72 bits per heavy atom. The van der Waals surface area contributed by atoms with E-state index in [1.165, 1.54) is 24.9 Å². The van der Waals surface area contributed by atoms with Gasteiger partial charge in [-0.3, -0.25) is 10.1 Å². The van der Waals surface area contributed by atoms with Crippen molar-refractivity contribution in [2.75, 3.05) is 45.2 Å². The van der Waals surface area contributed by atoms with E-state index in [4.69, 9.17) is 14.7 Å². The molecule has 184 valence electrons. The zero-order valence-electron chi connectivity index (χ0n) is 20.7. The van der Waals surface area contributed by atoms with Gasteiger partial charge in [-0.1, -0.05) is 6.07 Å². The molecule has 0 unspecified atom stereocenters. The summed E-state index contributed by atoms with van der Waals surface area (Å²) in [4.78, 5) is 22.3. The molecule has 5 aromatic rings. The Morgan fingerprint density at radius 2 is 1.86 bits per heavy atom. The molecule has 0 spiro atoms. The van der Waals surface area contributed by atoms with Gasteiger partial charge in [-0.05, 0) is 63.7 Å². The van der Waals surface area contributed by atoms with Gasteiger partial charge in [-0.2, -0.15) is 5.10 Å². The number of rotatable bonds is 7. The Balaban J connectivity index is 1.34. The van der Waals surface area contributed by atoms with E-state index < -0.39 is 0 Å². The molecule has 1 aliphatic rings. The van der Waals surface area contributed by atoms with Gasteiger partial charge in [0, 0.05) is 31.4 Å². The molecule has 1 aliphatic heterocycles. The summed E-state index contributed by atoms with van der Waals surface area (Å²) in [7, 11) is 4.05. The molecule has 0 amide bonds. The van der Waals surface area contributed by atoms with Crippen molar-refractivity contribution in [1.82, 2.24) is 35.0 Å². The Morgan fingerprint density at radius 1 is 0.972 bits per heavy atom. The van der Waals surface area contributed by atoms with Crippen LogP contribution >= 0.6 is 0 Å². The third-order valence-corrected chi connectivity index (χ3v) is 6.64. The molecule has 0 bridgehead atoms. The number of benzene rings is 1. The van der Waals surface area contributed by atoms with Crippen molar-refractivity contribution in [2.45, 2.75) is 19.3 Å². The largest absolute Gasteiger partial charge is 0.491 e. The molecule has 4 aromatic heterocycles. The highest BCUT2D eigenvalue weighted by Crippen LogP contribution is 2.32. The Hall–Kier alpha value is -3.98. The van der Waals surface area contributed by atoms with E-state index in [2.05, 4.69) is 48.2 Å². The quantitative estimate of drug-likeness (QED) is 0.353. The highest BCUT2D eigenvalue weighted by molar-refractivity contribution is 5.95. The van der Waals surface area contributed by atoms with Crippen LogP contribution in [-0.2, 0) is 0 Å². The van der Waals surface area contributed by atoms with Gasteiger partial charge < -0.3 is 19.5 Å². The fourth-order valence-electron chi connectivity index (χ4n) is 4.73. The van der Waals surface area contributed by atoms with Crippen LogP contribution in [-0.4, -0.2) is 75.4 Å². The first-order chi connectivity index (χ1) is 17.7. The van der Waals surface area contributed by atoms with Gasteiger partial charge in [0.15, 0.2) is 11.5 Å². The molecule has 5 heterocycles. The van der Waals surface area contributed by atoms with Gasteiger partial charge in [0.25, 0.3) is 0 Å². The lowest BCUT2D eigenvalue weighted by Crippen LogP contribution is -2.29. The molecular weight excluding hydrogens is 452 g/mol. The first kappa shape index (κ1) is 22.5. The monoisotopic (exact) mass is 482 g/mol. The molecule has 0 saturated carbocycles. The van der Waals surface area contributed by atoms with Crippen LogP contribution in [0.3, 0.4) is 0 Å². The fourth-order valence-corrected chi connectivity index (χ4v) is 4.73. The van der Waals surface area contributed by atoms with Gasteiger partial charge >= 0.3 is 0 Å². The topological polar surface area (TPSA) is 98.9 Å². The first-order valence-electron chi connectivity index (χ1n) is 12.5. The van der Waals surface area contributed by atoms with Crippen molar-refractivity contribution in [3.8, 4) is 28.5 Å². The van der Waals surface area contributed by atoms with Gasteiger partial charge in [0.1, 0.15) is 23.4 Å². The number of aromatic nitrogens is 6. The number of anilines is 1. The number of para-hydroxylation sites is 1. The van der Waals surface area contributed by atoms with Crippen LogP contribution < -0.4 is 9.64 Å². The molecule has 0 radical (unpaired) electrons. The average Bonchev–Trinajstić information content (AvgIpc) is 3.53. The number of piperidine rings is 1. The lowest BCUT2D eigenvalue weighted by atomic mass is 10.1. The summed E-state index contributed by atoms with van der Waals surface area (Å²) >= 11 is 0. The minimum atomic E-state index is 0.599. The number of likely N-dealkylation sites (N-methyl/N-ethyl adjacent to an activating group) is 1. The number of nitrogens with one attached hydrogen (secondary N) is 2. The van der Waals surface area contributed by atoms with E-state index in [-0.39, 0.29) is 0 Å². The normalized spacial score (nSPS) is 14.2. The van der Waals surface area contributed by atoms with Crippen molar-refractivity contribution >= 4 is 27.8 Å². The summed E-state index contributed by atoms with van der Waals surface area (Å²) in [5, 5.41) is 7.68. The number of ether oxygens (including phenoxy) is 1. The van der Waals surface area contributed by atoms with Crippen molar-refractivity contribution in [1.29, 1.82) is 0 Å². The standard InChI is InChI=1S/C27H30N8O/c1-34(2)13-14-36-19-15-18(16-28-17-19)20-9-10-22-25(29-20)26(33-32-22)27-30-21-7-6-8-23(24(21)31-27)35-11-4-3-5-12-35/h6-10,15-17H,3-5,11-14H2,1-2H3,(H,30,31)(H,32,33). The van der Waals surface area contributed by atoms with E-state index in [1.54, 1.807) is 12.4 Å². The molecule has 1 saturated heterocycles. The number of aromatic amines is 2. The van der Waals surface area contributed by atoms with E-state index in [9.17, 15) is 0 Å². The molecule has 9 heteroatoms. The van der Waals surface area contributed by atoms with Gasteiger partial charge in [0.05, 0.1) is 28.6 Å². The third kappa shape index (κ3) is 4.37. The number of hydrogen-bond acceptors (Lipinski definition) is 7. The van der Waals surface area contributed by atoms with Crippen molar-refractivity contribution in [2.24, 2.45) is 0 Å². The molecular formula is C27H30N8O. The molecule has 6 rings (SSSR count). The molecule has 0 aliphatic carbocycles. The Kier molecular flexibility index (Phi) is 5.98.